The molecule has 0 radical (unpaired) electrons. The number of H-pyrrole nitrogens is 1. The number of pyridine rings is 2. The molecule has 128 valence electrons. The monoisotopic (exact) mass is 359 g/mol. The van der Waals surface area contributed by atoms with Crippen LogP contribution in [0.4, 0.5) is 0 Å². The summed E-state index contributed by atoms with van der Waals surface area (Å²) < 4.78 is 1.50. The Morgan fingerprint density at radius 1 is 1.32 bits per heavy atom. The third-order valence-corrected chi connectivity index (χ3v) is 4.29. The standard InChI is InChI=1S/C15H13N5O4S/c21-10-5-11(25-7-9-3-1-2-4-16-9)20-14(18-8-19-20)13(10)15(24)17-6-12(22)23/h1-5,8H,6-7H2,(H,17,24)(H,18,19)(H,22,23). The summed E-state index contributed by atoms with van der Waals surface area (Å²) in [5, 5.41) is 14.2. The van der Waals surface area contributed by atoms with Crippen molar-refractivity contribution in [2.24, 2.45) is 0 Å². The van der Waals surface area contributed by atoms with Crippen molar-refractivity contribution in [2.45, 2.75) is 10.8 Å². The highest BCUT2D eigenvalue weighted by molar-refractivity contribution is 7.98. The Bertz CT molecular complexity index is 983. The van der Waals surface area contributed by atoms with E-state index >= 15 is 0 Å². The molecule has 25 heavy (non-hydrogen) atoms. The minimum Gasteiger partial charge on any atom is -0.480 e. The van der Waals surface area contributed by atoms with E-state index in [-0.39, 0.29) is 11.2 Å². The van der Waals surface area contributed by atoms with Gasteiger partial charge in [0, 0.05) is 18.0 Å². The molecule has 0 aromatic carbocycles. The number of carboxylic acids is 1. The maximum Gasteiger partial charge on any atom is 0.322 e. The summed E-state index contributed by atoms with van der Waals surface area (Å²) in [5.41, 5.74) is 0.249. The van der Waals surface area contributed by atoms with Crippen LogP contribution in [0.2, 0.25) is 0 Å². The molecule has 0 saturated carbocycles. The van der Waals surface area contributed by atoms with Gasteiger partial charge in [0.25, 0.3) is 5.91 Å². The summed E-state index contributed by atoms with van der Waals surface area (Å²) >= 11 is 1.36. The zero-order chi connectivity index (χ0) is 17.8. The summed E-state index contributed by atoms with van der Waals surface area (Å²) in [6.45, 7) is -0.578. The molecule has 0 aliphatic rings. The van der Waals surface area contributed by atoms with Crippen molar-refractivity contribution in [3.05, 3.63) is 58.3 Å². The van der Waals surface area contributed by atoms with E-state index in [2.05, 4.69) is 20.4 Å². The largest absolute Gasteiger partial charge is 0.480 e. The zero-order valence-corrected chi connectivity index (χ0v) is 13.6. The van der Waals surface area contributed by atoms with Crippen LogP contribution in [0.15, 0.2) is 46.6 Å². The van der Waals surface area contributed by atoms with Crippen molar-refractivity contribution in [3.8, 4) is 0 Å². The van der Waals surface area contributed by atoms with Gasteiger partial charge in [-0.15, -0.1) is 0 Å². The zero-order valence-electron chi connectivity index (χ0n) is 12.8. The smallest absolute Gasteiger partial charge is 0.322 e. The molecule has 0 aliphatic carbocycles. The third kappa shape index (κ3) is 3.69. The van der Waals surface area contributed by atoms with Crippen molar-refractivity contribution >= 4 is 29.3 Å². The Kier molecular flexibility index (Phi) is 4.80. The van der Waals surface area contributed by atoms with Crippen LogP contribution < -0.4 is 10.7 Å². The quantitative estimate of drug-likeness (QED) is 0.547. The SMILES string of the molecule is O=C(O)CNC(=O)c1c(=O)cc(SCc2ccccn2)n2[nH]cnc12. The van der Waals surface area contributed by atoms with Crippen LogP contribution in [-0.2, 0) is 10.5 Å². The average Bonchev–Trinajstić information content (AvgIpc) is 3.08. The normalized spacial score (nSPS) is 10.7. The van der Waals surface area contributed by atoms with Crippen molar-refractivity contribution < 1.29 is 14.7 Å². The van der Waals surface area contributed by atoms with Crippen LogP contribution in [0.3, 0.4) is 0 Å². The Hall–Kier alpha value is -3.14. The van der Waals surface area contributed by atoms with E-state index < -0.39 is 23.9 Å². The minimum absolute atomic E-state index is 0.138. The van der Waals surface area contributed by atoms with Crippen molar-refractivity contribution in [1.82, 2.24) is 24.9 Å². The number of hydrogen-bond acceptors (Lipinski definition) is 6. The molecular formula is C15H13N5O4S. The van der Waals surface area contributed by atoms with Crippen LogP contribution >= 0.6 is 11.8 Å². The van der Waals surface area contributed by atoms with Gasteiger partial charge in [0.05, 0.1) is 5.69 Å². The Morgan fingerprint density at radius 2 is 2.16 bits per heavy atom. The number of nitrogens with zero attached hydrogens (tertiary/aromatic N) is 3. The lowest BCUT2D eigenvalue weighted by molar-refractivity contribution is -0.135. The summed E-state index contributed by atoms with van der Waals surface area (Å²) in [6, 6.07) is 6.87. The number of aliphatic carboxylic acids is 1. The molecule has 3 N–H and O–H groups in total. The van der Waals surface area contributed by atoms with Gasteiger partial charge in [-0.25, -0.2) is 9.50 Å². The molecule has 3 aromatic heterocycles. The number of aromatic amines is 1. The van der Waals surface area contributed by atoms with Gasteiger partial charge in [-0.2, -0.15) is 0 Å². The Morgan fingerprint density at radius 3 is 2.88 bits per heavy atom. The molecular weight excluding hydrogens is 346 g/mol. The molecule has 3 rings (SSSR count). The molecule has 0 saturated heterocycles. The molecule has 0 atom stereocenters. The second kappa shape index (κ2) is 7.18. The number of thioether (sulfide) groups is 1. The molecule has 10 heteroatoms. The van der Waals surface area contributed by atoms with Gasteiger partial charge in [-0.3, -0.25) is 24.5 Å². The molecule has 9 nitrogen and oxygen atoms in total. The van der Waals surface area contributed by atoms with E-state index in [4.69, 9.17) is 5.11 Å². The number of nitrogens with one attached hydrogen (secondary N) is 2. The number of carbonyl (C=O) groups excluding carboxylic acids is 1. The van der Waals surface area contributed by atoms with E-state index in [0.29, 0.717) is 10.8 Å². The van der Waals surface area contributed by atoms with Gasteiger partial charge in [0.1, 0.15) is 23.5 Å². The molecule has 0 fully saturated rings. The maximum atomic E-state index is 12.3. The molecule has 0 bridgehead atoms. The lowest BCUT2D eigenvalue weighted by Crippen LogP contribution is -2.33. The first kappa shape index (κ1) is 16.7. The summed E-state index contributed by atoms with van der Waals surface area (Å²) in [5.74, 6) is -1.45. The highest BCUT2D eigenvalue weighted by Gasteiger charge is 2.19. The van der Waals surface area contributed by atoms with Crippen LogP contribution in [0, 0.1) is 0 Å². The highest BCUT2D eigenvalue weighted by atomic mass is 32.2. The van der Waals surface area contributed by atoms with Crippen molar-refractivity contribution in [1.29, 1.82) is 0 Å². The summed E-state index contributed by atoms with van der Waals surface area (Å²) in [7, 11) is 0. The summed E-state index contributed by atoms with van der Waals surface area (Å²) in [4.78, 5) is 43.3. The first-order valence-corrected chi connectivity index (χ1v) is 8.16. The van der Waals surface area contributed by atoms with Gasteiger partial charge in [-0.1, -0.05) is 17.8 Å². The highest BCUT2D eigenvalue weighted by Crippen LogP contribution is 2.21. The number of aromatic nitrogens is 4. The lowest BCUT2D eigenvalue weighted by atomic mass is 10.2. The number of rotatable bonds is 6. The number of carbonyl (C=O) groups is 2. The van der Waals surface area contributed by atoms with Crippen LogP contribution in [0.1, 0.15) is 16.1 Å². The fourth-order valence-electron chi connectivity index (χ4n) is 2.17. The van der Waals surface area contributed by atoms with Crippen molar-refractivity contribution in [3.63, 3.8) is 0 Å². The average molecular weight is 359 g/mol. The molecule has 3 aromatic rings. The van der Waals surface area contributed by atoms with E-state index in [1.54, 1.807) is 6.20 Å². The second-order valence-corrected chi connectivity index (χ2v) is 5.95. The molecule has 0 unspecified atom stereocenters. The lowest BCUT2D eigenvalue weighted by Gasteiger charge is -2.07. The number of hydrogen-bond donors (Lipinski definition) is 3. The third-order valence-electron chi connectivity index (χ3n) is 3.25. The predicted molar refractivity (Wildman–Crippen MR) is 89.6 cm³/mol. The van der Waals surface area contributed by atoms with Gasteiger partial charge < -0.3 is 10.4 Å². The summed E-state index contributed by atoms with van der Waals surface area (Å²) in [6.07, 6.45) is 3.04. The Labute approximate surface area is 145 Å². The van der Waals surface area contributed by atoms with E-state index in [1.807, 2.05) is 18.2 Å². The predicted octanol–water partition coefficient (Wildman–Crippen LogP) is 0.524. The van der Waals surface area contributed by atoms with Crippen LogP contribution in [0.25, 0.3) is 5.65 Å². The fraction of sp³-hybridized carbons (Fsp3) is 0.133. The van der Waals surface area contributed by atoms with Gasteiger partial charge in [0.2, 0.25) is 0 Å². The minimum atomic E-state index is -1.20. The first-order valence-electron chi connectivity index (χ1n) is 7.18. The van der Waals surface area contributed by atoms with Crippen LogP contribution in [0.5, 0.6) is 0 Å². The van der Waals surface area contributed by atoms with Gasteiger partial charge in [0.15, 0.2) is 11.1 Å². The van der Waals surface area contributed by atoms with Gasteiger partial charge >= 0.3 is 5.97 Å². The first-order chi connectivity index (χ1) is 12.1. The topological polar surface area (TPSA) is 129 Å². The van der Waals surface area contributed by atoms with Gasteiger partial charge in [-0.05, 0) is 12.1 Å². The molecule has 0 spiro atoms. The molecule has 0 aliphatic heterocycles. The number of amides is 1. The molecule has 1 amide bonds. The van der Waals surface area contributed by atoms with Crippen molar-refractivity contribution in [2.75, 3.05) is 6.54 Å². The Balaban J connectivity index is 1.91. The van der Waals surface area contributed by atoms with Crippen LogP contribution in [-0.4, -0.2) is 43.1 Å². The van der Waals surface area contributed by atoms with E-state index in [1.165, 1.54) is 28.7 Å². The second-order valence-electron chi connectivity index (χ2n) is 4.95. The molecule has 3 heterocycles. The maximum absolute atomic E-state index is 12.3. The number of carboxylic acid groups (broad SMARTS) is 1. The van der Waals surface area contributed by atoms with E-state index in [9.17, 15) is 14.4 Å². The fourth-order valence-corrected chi connectivity index (χ4v) is 3.09. The number of fused-ring (bicyclic) bond motifs is 1. The van der Waals surface area contributed by atoms with E-state index in [0.717, 1.165) is 5.69 Å².